The summed E-state index contributed by atoms with van der Waals surface area (Å²) in [7, 11) is -3.27. The predicted molar refractivity (Wildman–Crippen MR) is 69.8 cm³/mol. The molecule has 1 amide bonds. The van der Waals surface area contributed by atoms with Gasteiger partial charge in [-0.2, -0.15) is 4.31 Å². The number of piperazine rings is 1. The Labute approximate surface area is 107 Å². The van der Waals surface area contributed by atoms with E-state index in [4.69, 9.17) is 0 Å². The van der Waals surface area contributed by atoms with Crippen molar-refractivity contribution in [2.45, 2.75) is 6.92 Å². The Kier molecular flexibility index (Phi) is 3.68. The smallest absolute Gasteiger partial charge is 0.242 e. The van der Waals surface area contributed by atoms with Crippen molar-refractivity contribution in [3.8, 4) is 0 Å². The number of sulfonamides is 1. The Hall–Kier alpha value is -1.40. The quantitative estimate of drug-likeness (QED) is 0.810. The summed E-state index contributed by atoms with van der Waals surface area (Å²) in [4.78, 5) is 13.6. The summed E-state index contributed by atoms with van der Waals surface area (Å²) in [5.41, 5.74) is 0.816. The zero-order chi connectivity index (χ0) is 13.2. The number of para-hydroxylation sites is 1. The summed E-state index contributed by atoms with van der Waals surface area (Å²) in [5.74, 6) is -0.143. The Morgan fingerprint density at radius 1 is 1.17 bits per heavy atom. The van der Waals surface area contributed by atoms with E-state index in [9.17, 15) is 13.2 Å². The van der Waals surface area contributed by atoms with Crippen molar-refractivity contribution in [2.75, 3.05) is 30.3 Å². The van der Waals surface area contributed by atoms with Crippen molar-refractivity contribution in [1.29, 1.82) is 0 Å². The zero-order valence-corrected chi connectivity index (χ0v) is 11.1. The number of hydrogen-bond donors (Lipinski definition) is 0. The lowest BCUT2D eigenvalue weighted by Gasteiger charge is -2.33. The molecule has 0 unspecified atom stereocenters. The van der Waals surface area contributed by atoms with Crippen molar-refractivity contribution in [3.05, 3.63) is 30.3 Å². The van der Waals surface area contributed by atoms with Gasteiger partial charge in [0.1, 0.15) is 0 Å². The van der Waals surface area contributed by atoms with E-state index < -0.39 is 10.0 Å². The average molecular weight is 268 g/mol. The maximum absolute atomic E-state index is 12.0. The first-order valence-electron chi connectivity index (χ1n) is 5.88. The van der Waals surface area contributed by atoms with Gasteiger partial charge in [-0.05, 0) is 19.1 Å². The molecule has 1 saturated heterocycles. The summed E-state index contributed by atoms with van der Waals surface area (Å²) in [6, 6.07) is 9.30. The van der Waals surface area contributed by atoms with E-state index in [-0.39, 0.29) is 18.2 Å². The molecule has 0 saturated carbocycles. The van der Waals surface area contributed by atoms with Crippen molar-refractivity contribution in [3.63, 3.8) is 0 Å². The summed E-state index contributed by atoms with van der Waals surface area (Å²) in [6.07, 6.45) is 0. The van der Waals surface area contributed by atoms with Gasteiger partial charge in [0.15, 0.2) is 0 Å². The number of benzene rings is 1. The first-order chi connectivity index (χ1) is 8.54. The van der Waals surface area contributed by atoms with E-state index in [1.165, 1.54) is 4.31 Å². The topological polar surface area (TPSA) is 57.7 Å². The van der Waals surface area contributed by atoms with E-state index in [0.717, 1.165) is 5.69 Å². The van der Waals surface area contributed by atoms with Gasteiger partial charge in [0, 0.05) is 18.8 Å². The third-order valence-corrected chi connectivity index (χ3v) is 4.84. The standard InChI is InChI=1S/C12H16N2O3S/c1-2-18(16,17)13-8-9-14(12(15)10-13)11-6-4-3-5-7-11/h3-7H,2,8-10H2,1H3. The summed E-state index contributed by atoms with van der Waals surface area (Å²) < 4.78 is 24.7. The molecule has 0 radical (unpaired) electrons. The molecule has 18 heavy (non-hydrogen) atoms. The lowest BCUT2D eigenvalue weighted by Crippen LogP contribution is -2.52. The lowest BCUT2D eigenvalue weighted by atomic mass is 10.2. The third kappa shape index (κ3) is 2.54. The Balaban J connectivity index is 2.13. The second-order valence-electron chi connectivity index (χ2n) is 4.12. The number of anilines is 1. The van der Waals surface area contributed by atoms with Crippen LogP contribution in [0.5, 0.6) is 0 Å². The number of carbonyl (C=O) groups is 1. The lowest BCUT2D eigenvalue weighted by molar-refractivity contribution is -0.119. The molecule has 0 spiro atoms. The van der Waals surface area contributed by atoms with Crippen molar-refractivity contribution >= 4 is 21.6 Å². The van der Waals surface area contributed by atoms with Gasteiger partial charge in [0.25, 0.3) is 0 Å². The molecule has 5 nitrogen and oxygen atoms in total. The molecule has 6 heteroatoms. The van der Waals surface area contributed by atoms with Crippen LogP contribution in [-0.4, -0.2) is 44.0 Å². The Morgan fingerprint density at radius 3 is 2.39 bits per heavy atom. The van der Waals surface area contributed by atoms with E-state index >= 15 is 0 Å². The minimum atomic E-state index is -3.27. The molecule has 1 aliphatic rings. The van der Waals surface area contributed by atoms with Gasteiger partial charge >= 0.3 is 0 Å². The fourth-order valence-corrected chi connectivity index (χ4v) is 2.98. The average Bonchev–Trinajstić information content (AvgIpc) is 2.39. The van der Waals surface area contributed by atoms with Crippen LogP contribution >= 0.6 is 0 Å². The maximum atomic E-state index is 12.0. The van der Waals surface area contributed by atoms with Gasteiger partial charge in [-0.25, -0.2) is 8.42 Å². The molecule has 0 aromatic heterocycles. The van der Waals surface area contributed by atoms with Crippen LogP contribution in [-0.2, 0) is 14.8 Å². The largest absolute Gasteiger partial charge is 0.310 e. The highest BCUT2D eigenvalue weighted by Crippen LogP contribution is 2.17. The first kappa shape index (κ1) is 13.0. The highest BCUT2D eigenvalue weighted by atomic mass is 32.2. The highest BCUT2D eigenvalue weighted by Gasteiger charge is 2.31. The van der Waals surface area contributed by atoms with Crippen molar-refractivity contribution in [1.82, 2.24) is 4.31 Å². The number of amides is 1. The molecule has 0 aliphatic carbocycles. The van der Waals surface area contributed by atoms with Gasteiger partial charge in [-0.1, -0.05) is 18.2 Å². The SMILES string of the molecule is CCS(=O)(=O)N1CCN(c2ccccc2)C(=O)C1. The van der Waals surface area contributed by atoms with Gasteiger partial charge < -0.3 is 4.90 Å². The molecular weight excluding hydrogens is 252 g/mol. The fourth-order valence-electron chi connectivity index (χ4n) is 1.95. The first-order valence-corrected chi connectivity index (χ1v) is 7.49. The van der Waals surface area contributed by atoms with Crippen LogP contribution in [0.3, 0.4) is 0 Å². The Morgan fingerprint density at radius 2 is 1.83 bits per heavy atom. The second-order valence-corrected chi connectivity index (χ2v) is 6.37. The molecule has 2 rings (SSSR count). The van der Waals surface area contributed by atoms with Gasteiger partial charge in [-0.3, -0.25) is 4.79 Å². The van der Waals surface area contributed by atoms with E-state index in [2.05, 4.69) is 0 Å². The number of rotatable bonds is 3. The number of nitrogens with zero attached hydrogens (tertiary/aromatic N) is 2. The van der Waals surface area contributed by atoms with Crippen molar-refractivity contribution < 1.29 is 13.2 Å². The normalized spacial score (nSPS) is 18.1. The summed E-state index contributed by atoms with van der Waals surface area (Å²) in [6.45, 7) is 2.29. The molecule has 1 heterocycles. The molecular formula is C12H16N2O3S. The van der Waals surface area contributed by atoms with Gasteiger partial charge in [-0.15, -0.1) is 0 Å². The van der Waals surface area contributed by atoms with E-state index in [1.807, 2.05) is 30.3 Å². The van der Waals surface area contributed by atoms with Crippen molar-refractivity contribution in [2.24, 2.45) is 0 Å². The summed E-state index contributed by atoms with van der Waals surface area (Å²) in [5, 5.41) is 0. The van der Waals surface area contributed by atoms with Crippen LogP contribution in [0.15, 0.2) is 30.3 Å². The van der Waals surface area contributed by atoms with Crippen LogP contribution in [0.4, 0.5) is 5.69 Å². The second kappa shape index (κ2) is 5.07. The number of carbonyl (C=O) groups excluding carboxylic acids is 1. The van der Waals surface area contributed by atoms with Crippen LogP contribution < -0.4 is 4.90 Å². The molecule has 1 aliphatic heterocycles. The van der Waals surface area contributed by atoms with Crippen LogP contribution in [0.2, 0.25) is 0 Å². The molecule has 1 aromatic rings. The minimum absolute atomic E-state index is 0.0334. The molecule has 98 valence electrons. The van der Waals surface area contributed by atoms with E-state index in [0.29, 0.717) is 13.1 Å². The van der Waals surface area contributed by atoms with Gasteiger partial charge in [0.2, 0.25) is 15.9 Å². The molecule has 0 bridgehead atoms. The fraction of sp³-hybridized carbons (Fsp3) is 0.417. The van der Waals surface area contributed by atoms with Gasteiger partial charge in [0.05, 0.1) is 12.3 Å². The van der Waals surface area contributed by atoms with Crippen LogP contribution in [0.1, 0.15) is 6.92 Å². The Bertz CT molecular complexity index is 528. The zero-order valence-electron chi connectivity index (χ0n) is 10.2. The maximum Gasteiger partial charge on any atom is 0.242 e. The van der Waals surface area contributed by atoms with Crippen LogP contribution in [0, 0.1) is 0 Å². The molecule has 1 aromatic carbocycles. The van der Waals surface area contributed by atoms with E-state index in [1.54, 1.807) is 11.8 Å². The summed E-state index contributed by atoms with van der Waals surface area (Å²) >= 11 is 0. The number of hydrogen-bond acceptors (Lipinski definition) is 3. The monoisotopic (exact) mass is 268 g/mol. The molecule has 0 N–H and O–H groups in total. The minimum Gasteiger partial charge on any atom is -0.310 e. The van der Waals surface area contributed by atoms with Crippen LogP contribution in [0.25, 0.3) is 0 Å². The molecule has 1 fully saturated rings. The highest BCUT2D eigenvalue weighted by molar-refractivity contribution is 7.89. The predicted octanol–water partition coefficient (Wildman–Crippen LogP) is 0.685. The molecule has 0 atom stereocenters. The third-order valence-electron chi connectivity index (χ3n) is 3.01.